The van der Waals surface area contributed by atoms with Gasteiger partial charge in [0.2, 0.25) is 5.91 Å². The first kappa shape index (κ1) is 21.5. The standard InChI is InChI=1S/C19H28N2O5/c1-4-12-26-19(23)21-11-9-15(8-10-20-18(22)14-24-2)16-6-5-7-17(13-16)25-3/h4-7,13,15H,1,8-12,14H2,2-3H3,(H,20,22)(H,21,23)/t15-/m1/s1. The SMILES string of the molecule is C=CCOC(=O)NCC[C@@H](CCNC(=O)COC)c1cccc(OC)c1. The topological polar surface area (TPSA) is 85.9 Å². The van der Waals surface area contributed by atoms with Gasteiger partial charge in [0.1, 0.15) is 19.0 Å². The maximum atomic E-state index is 11.5. The molecule has 2 N–H and O–H groups in total. The first-order valence-corrected chi connectivity index (χ1v) is 8.51. The summed E-state index contributed by atoms with van der Waals surface area (Å²) in [6.45, 7) is 4.70. The molecule has 0 saturated heterocycles. The molecule has 7 nitrogen and oxygen atoms in total. The number of amides is 2. The second-order valence-electron chi connectivity index (χ2n) is 5.65. The van der Waals surface area contributed by atoms with Gasteiger partial charge in [0, 0.05) is 20.2 Å². The Balaban J connectivity index is 2.61. The van der Waals surface area contributed by atoms with E-state index in [0.29, 0.717) is 19.5 Å². The molecule has 0 aromatic heterocycles. The van der Waals surface area contributed by atoms with E-state index in [0.717, 1.165) is 17.7 Å². The Labute approximate surface area is 154 Å². The smallest absolute Gasteiger partial charge is 0.407 e. The molecule has 0 bridgehead atoms. The Bertz CT molecular complexity index is 577. The summed E-state index contributed by atoms with van der Waals surface area (Å²) in [6.07, 6.45) is 2.48. The molecular formula is C19H28N2O5. The van der Waals surface area contributed by atoms with E-state index in [1.807, 2.05) is 24.3 Å². The Morgan fingerprint density at radius 1 is 1.19 bits per heavy atom. The fraction of sp³-hybridized carbons (Fsp3) is 0.474. The van der Waals surface area contributed by atoms with Crippen LogP contribution in [0, 0.1) is 0 Å². The van der Waals surface area contributed by atoms with Crippen LogP contribution in [0.5, 0.6) is 5.75 Å². The number of nitrogens with one attached hydrogen (secondary N) is 2. The molecule has 0 radical (unpaired) electrons. The lowest BCUT2D eigenvalue weighted by molar-refractivity contribution is -0.124. The number of benzene rings is 1. The minimum atomic E-state index is -0.470. The molecule has 26 heavy (non-hydrogen) atoms. The predicted octanol–water partition coefficient (Wildman–Crippen LogP) is 2.23. The zero-order valence-corrected chi connectivity index (χ0v) is 15.5. The Hall–Kier alpha value is -2.54. The summed E-state index contributed by atoms with van der Waals surface area (Å²) in [4.78, 5) is 23.1. The van der Waals surface area contributed by atoms with Crippen LogP contribution in [0.4, 0.5) is 4.79 Å². The maximum absolute atomic E-state index is 11.5. The second kappa shape index (κ2) is 12.8. The van der Waals surface area contributed by atoms with Crippen LogP contribution in [0.2, 0.25) is 0 Å². The Kier molecular flexibility index (Phi) is 10.6. The molecule has 0 saturated carbocycles. The van der Waals surface area contributed by atoms with Crippen molar-refractivity contribution in [2.45, 2.75) is 18.8 Å². The number of carbonyl (C=O) groups is 2. The van der Waals surface area contributed by atoms with Crippen molar-refractivity contribution in [1.82, 2.24) is 10.6 Å². The fourth-order valence-corrected chi connectivity index (χ4v) is 2.48. The van der Waals surface area contributed by atoms with Gasteiger partial charge < -0.3 is 24.8 Å². The van der Waals surface area contributed by atoms with E-state index in [-0.39, 0.29) is 25.0 Å². The van der Waals surface area contributed by atoms with Gasteiger partial charge in [-0.3, -0.25) is 4.79 Å². The molecule has 1 atom stereocenters. The average molecular weight is 364 g/mol. The highest BCUT2D eigenvalue weighted by atomic mass is 16.5. The lowest BCUT2D eigenvalue weighted by Gasteiger charge is -2.19. The van der Waals surface area contributed by atoms with Gasteiger partial charge in [-0.2, -0.15) is 0 Å². The highest BCUT2D eigenvalue weighted by molar-refractivity contribution is 5.77. The second-order valence-corrected chi connectivity index (χ2v) is 5.65. The number of hydrogen-bond acceptors (Lipinski definition) is 5. The van der Waals surface area contributed by atoms with E-state index in [9.17, 15) is 9.59 Å². The third-order valence-electron chi connectivity index (χ3n) is 3.75. The van der Waals surface area contributed by atoms with Crippen molar-refractivity contribution in [3.05, 3.63) is 42.5 Å². The lowest BCUT2D eigenvalue weighted by atomic mass is 9.92. The van der Waals surface area contributed by atoms with Crippen LogP contribution >= 0.6 is 0 Å². The van der Waals surface area contributed by atoms with E-state index < -0.39 is 6.09 Å². The van der Waals surface area contributed by atoms with Crippen LogP contribution in [-0.2, 0) is 14.3 Å². The molecule has 0 aliphatic heterocycles. The number of hydrogen-bond donors (Lipinski definition) is 2. The maximum Gasteiger partial charge on any atom is 0.407 e. The molecule has 1 aromatic carbocycles. The summed E-state index contributed by atoms with van der Waals surface area (Å²) >= 11 is 0. The lowest BCUT2D eigenvalue weighted by Crippen LogP contribution is -2.30. The van der Waals surface area contributed by atoms with E-state index in [1.54, 1.807) is 7.11 Å². The third kappa shape index (κ3) is 8.53. The highest BCUT2D eigenvalue weighted by Crippen LogP contribution is 2.26. The number of methoxy groups -OCH3 is 2. The normalized spacial score (nSPS) is 11.3. The molecule has 0 unspecified atom stereocenters. The van der Waals surface area contributed by atoms with Crippen LogP contribution in [0.25, 0.3) is 0 Å². The number of rotatable bonds is 12. The zero-order valence-electron chi connectivity index (χ0n) is 15.5. The summed E-state index contributed by atoms with van der Waals surface area (Å²) in [5.74, 6) is 0.768. The van der Waals surface area contributed by atoms with Crippen LogP contribution in [-0.4, -0.2) is 52.5 Å². The van der Waals surface area contributed by atoms with E-state index in [4.69, 9.17) is 14.2 Å². The van der Waals surface area contributed by atoms with Crippen molar-refractivity contribution in [2.75, 3.05) is 40.5 Å². The van der Waals surface area contributed by atoms with Crippen molar-refractivity contribution in [2.24, 2.45) is 0 Å². The average Bonchev–Trinajstić information content (AvgIpc) is 2.65. The number of carbonyl (C=O) groups excluding carboxylic acids is 2. The van der Waals surface area contributed by atoms with Gasteiger partial charge in [-0.1, -0.05) is 24.8 Å². The minimum absolute atomic E-state index is 0.0422. The summed E-state index contributed by atoms with van der Waals surface area (Å²) in [7, 11) is 3.10. The Morgan fingerprint density at radius 3 is 2.58 bits per heavy atom. The molecular weight excluding hydrogens is 336 g/mol. The van der Waals surface area contributed by atoms with Crippen molar-refractivity contribution < 1.29 is 23.8 Å². The number of ether oxygens (including phenoxy) is 3. The van der Waals surface area contributed by atoms with Crippen LogP contribution in [0.3, 0.4) is 0 Å². The fourth-order valence-electron chi connectivity index (χ4n) is 2.48. The summed E-state index contributed by atoms with van der Waals surface area (Å²) in [6, 6.07) is 7.79. The summed E-state index contributed by atoms with van der Waals surface area (Å²) in [5.41, 5.74) is 1.09. The molecule has 1 aromatic rings. The molecule has 0 heterocycles. The van der Waals surface area contributed by atoms with Gasteiger partial charge >= 0.3 is 6.09 Å². The van der Waals surface area contributed by atoms with E-state index in [1.165, 1.54) is 13.2 Å². The van der Waals surface area contributed by atoms with Crippen LogP contribution in [0.15, 0.2) is 36.9 Å². The van der Waals surface area contributed by atoms with Gasteiger partial charge in [0.15, 0.2) is 0 Å². The quantitative estimate of drug-likeness (QED) is 0.556. The van der Waals surface area contributed by atoms with Crippen molar-refractivity contribution in [1.29, 1.82) is 0 Å². The molecule has 7 heteroatoms. The van der Waals surface area contributed by atoms with Gasteiger partial charge in [-0.25, -0.2) is 4.79 Å². The molecule has 144 valence electrons. The molecule has 2 amide bonds. The van der Waals surface area contributed by atoms with E-state index in [2.05, 4.69) is 17.2 Å². The predicted molar refractivity (Wildman–Crippen MR) is 99.4 cm³/mol. The zero-order chi connectivity index (χ0) is 19.2. The summed E-state index contributed by atoms with van der Waals surface area (Å²) in [5, 5.41) is 5.54. The monoisotopic (exact) mass is 364 g/mol. The number of alkyl carbamates (subject to hydrolysis) is 1. The highest BCUT2D eigenvalue weighted by Gasteiger charge is 2.14. The summed E-state index contributed by atoms with van der Waals surface area (Å²) < 4.78 is 15.0. The van der Waals surface area contributed by atoms with Gasteiger partial charge in [-0.05, 0) is 36.5 Å². The van der Waals surface area contributed by atoms with Crippen LogP contribution < -0.4 is 15.4 Å². The Morgan fingerprint density at radius 2 is 1.92 bits per heavy atom. The van der Waals surface area contributed by atoms with Crippen molar-refractivity contribution in [3.8, 4) is 5.75 Å². The third-order valence-corrected chi connectivity index (χ3v) is 3.75. The molecule has 1 rings (SSSR count). The van der Waals surface area contributed by atoms with Crippen molar-refractivity contribution in [3.63, 3.8) is 0 Å². The van der Waals surface area contributed by atoms with Crippen molar-refractivity contribution >= 4 is 12.0 Å². The molecule has 0 aliphatic rings. The van der Waals surface area contributed by atoms with E-state index >= 15 is 0 Å². The first-order valence-electron chi connectivity index (χ1n) is 8.51. The van der Waals surface area contributed by atoms with Gasteiger partial charge in [0.05, 0.1) is 7.11 Å². The molecule has 0 aliphatic carbocycles. The van der Waals surface area contributed by atoms with Crippen LogP contribution in [0.1, 0.15) is 24.3 Å². The van der Waals surface area contributed by atoms with Gasteiger partial charge in [0.25, 0.3) is 0 Å². The molecule has 0 fully saturated rings. The minimum Gasteiger partial charge on any atom is -0.497 e. The molecule has 0 spiro atoms. The first-order chi connectivity index (χ1) is 12.6. The van der Waals surface area contributed by atoms with Gasteiger partial charge in [-0.15, -0.1) is 0 Å². The largest absolute Gasteiger partial charge is 0.497 e.